The Balaban J connectivity index is 1.78. The fraction of sp³-hybridized carbons (Fsp3) is 0.652. The zero-order valence-electron chi connectivity index (χ0n) is 19.6. The number of rotatable bonds is 11. The molecule has 0 aromatic heterocycles. The molecule has 1 unspecified atom stereocenters. The topological polar surface area (TPSA) is 72.4 Å². The highest BCUT2D eigenvalue weighted by Crippen LogP contribution is 2.07. The molecule has 1 aliphatic heterocycles. The van der Waals surface area contributed by atoms with Gasteiger partial charge in [-0.2, -0.15) is 0 Å². The summed E-state index contributed by atoms with van der Waals surface area (Å²) in [4.78, 5) is 22.7. The number of aliphatic imine (C=N–C) groups is 1. The summed E-state index contributed by atoms with van der Waals surface area (Å²) < 4.78 is 5.40. The Morgan fingerprint density at radius 3 is 2.48 bits per heavy atom. The molecule has 174 valence electrons. The van der Waals surface area contributed by atoms with Crippen molar-refractivity contribution in [2.45, 2.75) is 25.9 Å². The van der Waals surface area contributed by atoms with Crippen LogP contribution in [0.5, 0.6) is 0 Å². The van der Waals surface area contributed by atoms with Gasteiger partial charge in [-0.05, 0) is 26.0 Å². The van der Waals surface area contributed by atoms with E-state index in [0.29, 0.717) is 12.0 Å². The summed E-state index contributed by atoms with van der Waals surface area (Å²) in [5, 5.41) is 6.78. The first kappa shape index (κ1) is 25.1. The highest BCUT2D eigenvalue weighted by molar-refractivity contribution is 5.84. The van der Waals surface area contributed by atoms with Crippen molar-refractivity contribution in [2.24, 2.45) is 4.99 Å². The Hall–Kier alpha value is -2.16. The van der Waals surface area contributed by atoms with E-state index < -0.39 is 0 Å². The third-order valence-electron chi connectivity index (χ3n) is 5.58. The van der Waals surface area contributed by atoms with Gasteiger partial charge in [0.15, 0.2) is 5.96 Å². The van der Waals surface area contributed by atoms with Crippen LogP contribution >= 0.6 is 0 Å². The third-order valence-corrected chi connectivity index (χ3v) is 5.58. The van der Waals surface area contributed by atoms with Crippen molar-refractivity contribution in [1.29, 1.82) is 0 Å². The molecule has 0 aliphatic carbocycles. The van der Waals surface area contributed by atoms with Crippen LogP contribution < -0.4 is 10.6 Å². The van der Waals surface area contributed by atoms with Crippen LogP contribution in [0, 0.1) is 0 Å². The number of carbonyl (C=O) groups is 1. The number of likely N-dealkylation sites (N-methyl/N-ethyl adjacent to an activating group) is 1. The van der Waals surface area contributed by atoms with Crippen molar-refractivity contribution in [1.82, 2.24) is 25.3 Å². The van der Waals surface area contributed by atoms with Crippen LogP contribution in [0.15, 0.2) is 35.3 Å². The summed E-state index contributed by atoms with van der Waals surface area (Å²) >= 11 is 0. The number of nitrogens with one attached hydrogen (secondary N) is 2. The number of hydrogen-bond donors (Lipinski definition) is 2. The molecule has 1 aromatic rings. The fourth-order valence-corrected chi connectivity index (χ4v) is 3.27. The number of morpholine rings is 1. The van der Waals surface area contributed by atoms with Gasteiger partial charge in [-0.25, -0.2) is 4.99 Å². The number of ether oxygens (including phenoxy) is 1. The monoisotopic (exact) mass is 432 g/mol. The number of nitrogens with zero attached hydrogens (tertiary/aromatic N) is 4. The number of hydrogen-bond acceptors (Lipinski definition) is 5. The van der Waals surface area contributed by atoms with E-state index in [4.69, 9.17) is 4.74 Å². The maximum atomic E-state index is 11.9. The summed E-state index contributed by atoms with van der Waals surface area (Å²) in [5.41, 5.74) is 1.32. The summed E-state index contributed by atoms with van der Waals surface area (Å²) in [7, 11) is 5.66. The quantitative estimate of drug-likeness (QED) is 0.399. The maximum absolute atomic E-state index is 11.9. The van der Waals surface area contributed by atoms with Crippen LogP contribution in [-0.2, 0) is 16.1 Å². The summed E-state index contributed by atoms with van der Waals surface area (Å²) in [6.45, 7) is 9.34. The second-order valence-corrected chi connectivity index (χ2v) is 8.30. The molecule has 0 bridgehead atoms. The third kappa shape index (κ3) is 10.1. The maximum Gasteiger partial charge on any atom is 0.243 e. The van der Waals surface area contributed by atoms with Crippen molar-refractivity contribution < 1.29 is 9.53 Å². The fourth-order valence-electron chi connectivity index (χ4n) is 3.27. The van der Waals surface area contributed by atoms with Crippen LogP contribution in [0.3, 0.4) is 0 Å². The van der Waals surface area contributed by atoms with Gasteiger partial charge >= 0.3 is 0 Å². The molecule has 1 amide bonds. The first-order valence-corrected chi connectivity index (χ1v) is 11.2. The molecule has 1 aromatic carbocycles. The van der Waals surface area contributed by atoms with E-state index in [1.165, 1.54) is 5.56 Å². The first-order valence-electron chi connectivity index (χ1n) is 11.2. The normalized spacial score (nSPS) is 16.2. The van der Waals surface area contributed by atoms with E-state index in [2.05, 4.69) is 63.7 Å². The average molecular weight is 433 g/mol. The molecular formula is C23H40N6O2. The number of carbonyl (C=O) groups excluding carboxylic acids is 1. The van der Waals surface area contributed by atoms with Gasteiger partial charge in [-0.15, -0.1) is 0 Å². The Morgan fingerprint density at radius 1 is 1.13 bits per heavy atom. The molecular weight excluding hydrogens is 392 g/mol. The number of benzene rings is 1. The molecule has 2 N–H and O–H groups in total. The lowest BCUT2D eigenvalue weighted by atomic mass is 10.1. The van der Waals surface area contributed by atoms with Crippen molar-refractivity contribution >= 4 is 11.9 Å². The highest BCUT2D eigenvalue weighted by atomic mass is 16.5. The molecule has 2 rings (SSSR count). The van der Waals surface area contributed by atoms with Gasteiger partial charge in [0.25, 0.3) is 0 Å². The van der Waals surface area contributed by atoms with Gasteiger partial charge in [0.2, 0.25) is 5.91 Å². The lowest BCUT2D eigenvalue weighted by Gasteiger charge is -2.27. The second-order valence-electron chi connectivity index (χ2n) is 8.30. The van der Waals surface area contributed by atoms with E-state index in [1.807, 2.05) is 6.07 Å². The van der Waals surface area contributed by atoms with E-state index >= 15 is 0 Å². The van der Waals surface area contributed by atoms with E-state index in [1.54, 1.807) is 19.0 Å². The Bertz CT molecular complexity index is 661. The highest BCUT2D eigenvalue weighted by Gasteiger charge is 2.12. The van der Waals surface area contributed by atoms with Crippen LogP contribution in [0.25, 0.3) is 0 Å². The molecule has 1 aliphatic rings. The van der Waals surface area contributed by atoms with Crippen molar-refractivity contribution in [3.63, 3.8) is 0 Å². The predicted octanol–water partition coefficient (Wildman–Crippen LogP) is 0.853. The molecule has 1 fully saturated rings. The Kier molecular flexibility index (Phi) is 11.3. The van der Waals surface area contributed by atoms with Crippen LogP contribution in [-0.4, -0.2) is 106 Å². The summed E-state index contributed by atoms with van der Waals surface area (Å²) in [6, 6.07) is 10.9. The smallest absolute Gasteiger partial charge is 0.243 e. The molecule has 31 heavy (non-hydrogen) atoms. The predicted molar refractivity (Wildman–Crippen MR) is 126 cm³/mol. The Morgan fingerprint density at radius 2 is 1.81 bits per heavy atom. The van der Waals surface area contributed by atoms with Gasteiger partial charge in [0.1, 0.15) is 6.54 Å². The number of guanidine groups is 1. The van der Waals surface area contributed by atoms with Crippen molar-refractivity contribution in [2.75, 3.05) is 73.6 Å². The standard InChI is InChI=1S/C23H40N6O2/c1-20(28(4)19-21-8-6-5-7-9-21)10-11-24-23(26-18-22(30)27(2)3)25-12-13-29-14-16-31-17-15-29/h5-9,20H,10-19H2,1-4H3,(H2,24,25,26). The molecule has 0 radical (unpaired) electrons. The molecule has 0 saturated carbocycles. The zero-order chi connectivity index (χ0) is 22.5. The van der Waals surface area contributed by atoms with E-state index in [9.17, 15) is 4.79 Å². The second kappa shape index (κ2) is 14.0. The summed E-state index contributed by atoms with van der Waals surface area (Å²) in [5.74, 6) is 0.687. The van der Waals surface area contributed by atoms with Crippen LogP contribution in [0.1, 0.15) is 18.9 Å². The molecule has 1 atom stereocenters. The molecule has 8 heteroatoms. The van der Waals surface area contributed by atoms with Gasteiger partial charge in [0, 0.05) is 59.4 Å². The minimum Gasteiger partial charge on any atom is -0.379 e. The minimum absolute atomic E-state index is 0.00904. The van der Waals surface area contributed by atoms with Gasteiger partial charge in [0.05, 0.1) is 13.2 Å². The lowest BCUT2D eigenvalue weighted by molar-refractivity contribution is -0.127. The van der Waals surface area contributed by atoms with Crippen LogP contribution in [0.4, 0.5) is 0 Å². The average Bonchev–Trinajstić information content (AvgIpc) is 2.78. The van der Waals surface area contributed by atoms with Gasteiger partial charge in [-0.1, -0.05) is 30.3 Å². The minimum atomic E-state index is -0.00904. The largest absolute Gasteiger partial charge is 0.379 e. The zero-order valence-corrected chi connectivity index (χ0v) is 19.6. The van der Waals surface area contributed by atoms with Crippen molar-refractivity contribution in [3.05, 3.63) is 35.9 Å². The molecule has 1 saturated heterocycles. The van der Waals surface area contributed by atoms with Gasteiger partial charge in [-0.3, -0.25) is 14.6 Å². The van der Waals surface area contributed by atoms with E-state index in [-0.39, 0.29) is 12.5 Å². The SMILES string of the molecule is CC(CCNC(=NCC(=O)N(C)C)NCCN1CCOCC1)N(C)Cc1ccccc1. The first-order chi connectivity index (χ1) is 15.0. The van der Waals surface area contributed by atoms with Crippen LogP contribution in [0.2, 0.25) is 0 Å². The lowest BCUT2D eigenvalue weighted by Crippen LogP contribution is -2.45. The summed E-state index contributed by atoms with van der Waals surface area (Å²) in [6.07, 6.45) is 0.981. The molecule has 1 heterocycles. The molecule has 8 nitrogen and oxygen atoms in total. The number of amides is 1. The van der Waals surface area contributed by atoms with Crippen molar-refractivity contribution in [3.8, 4) is 0 Å². The Labute approximate surface area is 187 Å². The molecule has 0 spiro atoms. The van der Waals surface area contributed by atoms with Gasteiger partial charge < -0.3 is 20.3 Å². The van der Waals surface area contributed by atoms with E-state index in [0.717, 1.165) is 58.9 Å².